The summed E-state index contributed by atoms with van der Waals surface area (Å²) >= 11 is 0. The minimum atomic E-state index is -4.10. The van der Waals surface area contributed by atoms with E-state index in [-0.39, 0.29) is 67.4 Å². The number of carbonyl (C=O) groups is 5. The van der Waals surface area contributed by atoms with E-state index in [1.54, 1.807) is 49.1 Å². The number of ether oxygens (including phenoxy) is 3. The van der Waals surface area contributed by atoms with E-state index in [4.69, 9.17) is 18.4 Å². The largest absolute Gasteiger partial charge is 0.493 e. The van der Waals surface area contributed by atoms with Gasteiger partial charge in [-0.3, -0.25) is 28.2 Å². The topological polar surface area (TPSA) is 187 Å². The third-order valence-corrected chi connectivity index (χ3v) is 16.7. The smallest absolute Gasteiger partial charge is 0.272 e. The number of anilines is 3. The molecule has 5 atom stereocenters. The van der Waals surface area contributed by atoms with Crippen LogP contribution >= 0.6 is 0 Å². The number of nitrogens with one attached hydrogen (secondary N) is 2. The zero-order chi connectivity index (χ0) is 53.5. The van der Waals surface area contributed by atoms with Gasteiger partial charge in [0.05, 0.1) is 26.3 Å². The number of benzene rings is 5. The first-order valence-corrected chi connectivity index (χ1v) is 27.2. The van der Waals surface area contributed by atoms with Crippen LogP contribution in [0.25, 0.3) is 0 Å². The van der Waals surface area contributed by atoms with E-state index in [9.17, 15) is 32.4 Å². The van der Waals surface area contributed by atoms with E-state index in [1.807, 2.05) is 87.2 Å². The van der Waals surface area contributed by atoms with Crippen molar-refractivity contribution >= 4 is 56.6 Å². The quantitative estimate of drug-likeness (QED) is 0.0847. The second kappa shape index (κ2) is 21.3. The van der Waals surface area contributed by atoms with E-state index in [0.717, 1.165) is 42.3 Å². The number of carbonyl (C=O) groups excluding carboxylic acids is 5. The molecule has 4 aliphatic heterocycles. The van der Waals surface area contributed by atoms with Crippen LogP contribution in [0.15, 0.2) is 91.0 Å². The lowest BCUT2D eigenvalue weighted by Gasteiger charge is -2.28. The number of fused-ring (bicyclic) bond motifs is 8. The molecule has 0 aliphatic carbocycles. The highest BCUT2D eigenvalue weighted by Crippen LogP contribution is 2.43. The number of hydrogen-bond acceptors (Lipinski definition) is 11. The van der Waals surface area contributed by atoms with Crippen LogP contribution in [-0.2, 0) is 67.6 Å². The summed E-state index contributed by atoms with van der Waals surface area (Å²) < 4.78 is 51.1. The molecule has 4 amide bonds. The van der Waals surface area contributed by atoms with E-state index >= 15 is 0 Å². The van der Waals surface area contributed by atoms with Crippen LogP contribution in [0.1, 0.15) is 120 Å². The van der Waals surface area contributed by atoms with Gasteiger partial charge in [0.25, 0.3) is 21.9 Å². The molecular formula is C59H66N4O11S. The van der Waals surface area contributed by atoms with Gasteiger partial charge < -0.3 is 34.6 Å². The lowest BCUT2D eigenvalue weighted by molar-refractivity contribution is -0.129. The van der Waals surface area contributed by atoms with Crippen molar-refractivity contribution in [3.05, 3.63) is 141 Å². The summed E-state index contributed by atoms with van der Waals surface area (Å²) in [7, 11) is -1.43. The van der Waals surface area contributed by atoms with Crippen molar-refractivity contribution in [3.8, 4) is 17.2 Å². The zero-order valence-electron chi connectivity index (χ0n) is 43.9. The lowest BCUT2D eigenvalue weighted by atomic mass is 9.90. The Balaban J connectivity index is 0.971. The van der Waals surface area contributed by atoms with Gasteiger partial charge in [-0.25, -0.2) is 0 Å². The Morgan fingerprint density at radius 3 is 2.01 bits per heavy atom. The summed E-state index contributed by atoms with van der Waals surface area (Å²) in [5.41, 5.74) is 8.30. The Kier molecular flexibility index (Phi) is 15.0. The van der Waals surface area contributed by atoms with Gasteiger partial charge in [-0.05, 0) is 151 Å². The molecule has 5 aromatic rings. The van der Waals surface area contributed by atoms with Crippen molar-refractivity contribution in [2.75, 3.05) is 29.3 Å². The van der Waals surface area contributed by atoms with Crippen LogP contribution in [0.3, 0.4) is 0 Å². The standard InChI is InChI=1S/C59H66N4O11S/c1-34-21-45-42(30-54(75(69,70)72-8)49-27-41-14-10-12-16-48(41)63(49)58(45)68)29-51(34)73-32-37-23-38(25-43(24-37)61-56(66)35(2)22-50(64)36(3)60-55(65)19-20-59(4,5)6)33-74-53-28-39-17-18-44-26-40-13-9-11-15-47(40)62(44)57(67)46(39)31-52(53)71-7/h9-16,21,23-25,28-29,31,35-36,44,49,54H,17-20,22,26-27,30,32-33H2,1-8H3,(H,60,65)(H,61,66)/t35-,36-,44+,49-,54?/m0/s1. The number of rotatable bonds is 17. The number of amides is 4. The zero-order valence-corrected chi connectivity index (χ0v) is 44.7. The summed E-state index contributed by atoms with van der Waals surface area (Å²) in [6, 6.07) is 26.6. The van der Waals surface area contributed by atoms with Crippen LogP contribution in [0.4, 0.5) is 17.1 Å². The average Bonchev–Trinajstić information content (AvgIpc) is 3.90. The Morgan fingerprint density at radius 1 is 0.733 bits per heavy atom. The van der Waals surface area contributed by atoms with Crippen molar-refractivity contribution in [1.82, 2.24) is 5.32 Å². The second-order valence-electron chi connectivity index (χ2n) is 21.6. The van der Waals surface area contributed by atoms with Crippen LogP contribution in [0.5, 0.6) is 17.2 Å². The molecule has 75 heavy (non-hydrogen) atoms. The number of para-hydroxylation sites is 2. The first-order chi connectivity index (χ1) is 35.7. The number of nitrogens with zero attached hydrogens (tertiary/aromatic N) is 2. The predicted octanol–water partition coefficient (Wildman–Crippen LogP) is 9.02. The van der Waals surface area contributed by atoms with E-state index in [1.165, 1.54) is 7.11 Å². The van der Waals surface area contributed by atoms with Crippen LogP contribution in [0.2, 0.25) is 0 Å². The van der Waals surface area contributed by atoms with Gasteiger partial charge in [-0.15, -0.1) is 0 Å². The fraction of sp³-hybridized carbons (Fsp3) is 0.407. The molecule has 0 bridgehead atoms. The predicted molar refractivity (Wildman–Crippen MR) is 286 cm³/mol. The highest BCUT2D eigenvalue weighted by atomic mass is 32.2. The van der Waals surface area contributed by atoms with E-state index in [2.05, 4.69) is 16.7 Å². The fourth-order valence-electron chi connectivity index (χ4n) is 10.9. The van der Waals surface area contributed by atoms with Gasteiger partial charge in [0, 0.05) is 53.0 Å². The number of methoxy groups -OCH3 is 1. The molecule has 0 spiro atoms. The average molecular weight is 1040 g/mol. The molecule has 4 heterocycles. The first kappa shape index (κ1) is 52.8. The molecule has 5 aromatic carbocycles. The summed E-state index contributed by atoms with van der Waals surface area (Å²) in [6.45, 7) is 11.3. The molecule has 4 aliphatic rings. The summed E-state index contributed by atoms with van der Waals surface area (Å²) in [5.74, 6) is -0.755. The third kappa shape index (κ3) is 11.2. The van der Waals surface area contributed by atoms with Gasteiger partial charge in [-0.2, -0.15) is 8.42 Å². The Hall–Kier alpha value is -7.04. The molecule has 9 rings (SSSR count). The fourth-order valence-corrected chi connectivity index (χ4v) is 12.1. The number of hydrogen-bond donors (Lipinski definition) is 2. The van der Waals surface area contributed by atoms with Crippen LogP contribution in [-0.4, -0.2) is 75.4 Å². The van der Waals surface area contributed by atoms with E-state index in [0.29, 0.717) is 81.3 Å². The molecule has 1 unspecified atom stereocenters. The molecule has 0 saturated heterocycles. The van der Waals surface area contributed by atoms with Crippen molar-refractivity contribution in [2.45, 2.75) is 129 Å². The minimum Gasteiger partial charge on any atom is -0.493 e. The molecule has 0 fully saturated rings. The minimum absolute atomic E-state index is 0.00224. The van der Waals surface area contributed by atoms with Crippen LogP contribution in [0, 0.1) is 18.3 Å². The van der Waals surface area contributed by atoms with E-state index < -0.39 is 39.3 Å². The number of ketones is 1. The van der Waals surface area contributed by atoms with Gasteiger partial charge in [0.15, 0.2) is 17.3 Å². The normalized spacial score (nSPS) is 18.5. The molecule has 2 N–H and O–H groups in total. The highest BCUT2D eigenvalue weighted by Gasteiger charge is 2.48. The number of Topliss-reactive ketones (excluding diaryl/α,β-unsaturated/α-hetero) is 1. The summed E-state index contributed by atoms with van der Waals surface area (Å²) in [5, 5.41) is 4.72. The van der Waals surface area contributed by atoms with Crippen molar-refractivity contribution in [3.63, 3.8) is 0 Å². The molecule has 0 aromatic heterocycles. The van der Waals surface area contributed by atoms with Gasteiger partial charge in [0.1, 0.15) is 24.2 Å². The van der Waals surface area contributed by atoms with Crippen molar-refractivity contribution in [1.29, 1.82) is 0 Å². The monoisotopic (exact) mass is 1040 g/mol. The van der Waals surface area contributed by atoms with Gasteiger partial charge in [0.2, 0.25) is 11.8 Å². The maximum Gasteiger partial charge on any atom is 0.272 e. The lowest BCUT2D eigenvalue weighted by Crippen LogP contribution is -2.47. The number of aryl methyl sites for hydroxylation is 2. The molecule has 16 heteroatoms. The highest BCUT2D eigenvalue weighted by molar-refractivity contribution is 7.87. The maximum absolute atomic E-state index is 14.4. The molecule has 0 radical (unpaired) electrons. The molecule has 394 valence electrons. The molecular weight excluding hydrogens is 973 g/mol. The Morgan fingerprint density at radius 2 is 1.35 bits per heavy atom. The first-order valence-electron chi connectivity index (χ1n) is 25.7. The van der Waals surface area contributed by atoms with Crippen LogP contribution < -0.4 is 34.6 Å². The molecule has 15 nitrogen and oxygen atoms in total. The second-order valence-corrected chi connectivity index (χ2v) is 23.6. The summed E-state index contributed by atoms with van der Waals surface area (Å²) in [4.78, 5) is 71.9. The maximum atomic E-state index is 14.4. The Bertz CT molecular complexity index is 3200. The van der Waals surface area contributed by atoms with Crippen molar-refractivity contribution in [2.24, 2.45) is 11.3 Å². The van der Waals surface area contributed by atoms with Gasteiger partial charge in [-0.1, -0.05) is 64.1 Å². The Labute approximate surface area is 439 Å². The third-order valence-electron chi connectivity index (χ3n) is 15.0. The SMILES string of the molecule is COc1cc2c(cc1OCc1cc(COc3cc4c(cc3C)C(=O)N3c5ccccc5C[C@H]3C(S(=O)(=O)OC)C4)cc(NC(=O)[C@@H](C)CC(=O)[C@H](C)NC(=O)CCC(C)(C)C)c1)CC[C@@H]1Cc3ccccc3N1C2=O. The molecule has 0 saturated carbocycles. The summed E-state index contributed by atoms with van der Waals surface area (Å²) in [6.07, 6.45) is 3.46. The van der Waals surface area contributed by atoms with Crippen molar-refractivity contribution < 1.29 is 50.8 Å². The van der Waals surface area contributed by atoms with Gasteiger partial charge >= 0.3 is 0 Å².